The number of benzene rings is 1. The van der Waals surface area contributed by atoms with Gasteiger partial charge in [0.2, 0.25) is 11.8 Å². The number of ether oxygens (including phenoxy) is 4. The third-order valence-corrected chi connectivity index (χ3v) is 15.2. The maximum Gasteiger partial charge on any atom is 0.408 e. The van der Waals surface area contributed by atoms with E-state index in [1.807, 2.05) is 46.1 Å². The molecule has 3 amide bonds. The Kier molecular flexibility index (Phi) is 13.3. The second-order valence-corrected chi connectivity index (χ2v) is 22.0. The topological polar surface area (TPSA) is 194 Å². The molecule has 3 aromatic rings. The van der Waals surface area contributed by atoms with Crippen LogP contribution in [-0.2, 0) is 23.9 Å². The maximum absolute atomic E-state index is 14.9. The van der Waals surface area contributed by atoms with Gasteiger partial charge in [-0.15, -0.1) is 17.9 Å². The molecule has 5 fully saturated rings. The van der Waals surface area contributed by atoms with Crippen molar-refractivity contribution in [1.82, 2.24) is 30.4 Å². The monoisotopic (exact) mass is 949 g/mol. The second kappa shape index (κ2) is 18.4. The fraction of sp³-hybridized carbons (Fsp3) is 0.625. The molecule has 9 atom stereocenters. The summed E-state index contributed by atoms with van der Waals surface area (Å²) in [6.45, 7) is 22.9. The summed E-state index contributed by atoms with van der Waals surface area (Å²) >= 11 is 8.60. The van der Waals surface area contributed by atoms with Crippen LogP contribution >= 0.6 is 22.9 Å². The summed E-state index contributed by atoms with van der Waals surface area (Å²) in [7, 11) is 0. The van der Waals surface area contributed by atoms with Crippen LogP contribution in [0.3, 0.4) is 0 Å². The van der Waals surface area contributed by atoms with E-state index in [2.05, 4.69) is 48.2 Å². The summed E-state index contributed by atoms with van der Waals surface area (Å²) in [6.07, 6.45) is 1.62. The summed E-state index contributed by atoms with van der Waals surface area (Å²) in [6, 6.07) is 3.29. The lowest BCUT2D eigenvalue weighted by Gasteiger charge is -2.41. The van der Waals surface area contributed by atoms with Gasteiger partial charge in [-0.05, 0) is 82.3 Å². The number of fused-ring (bicyclic) bond motifs is 2. The molecule has 2 aromatic heterocycles. The van der Waals surface area contributed by atoms with Crippen molar-refractivity contribution < 1.29 is 43.2 Å². The minimum atomic E-state index is -1.54. The Hall–Kier alpha value is -4.71. The van der Waals surface area contributed by atoms with Crippen LogP contribution in [0, 0.1) is 29.1 Å². The number of thiazole rings is 1. The van der Waals surface area contributed by atoms with Gasteiger partial charge in [-0.2, -0.15) is 0 Å². The van der Waals surface area contributed by atoms with Crippen LogP contribution in [-0.4, -0.2) is 130 Å². The van der Waals surface area contributed by atoms with Crippen molar-refractivity contribution in [1.29, 1.82) is 0 Å². The number of carbonyl (C=O) groups is 4. The molecule has 18 heteroatoms. The van der Waals surface area contributed by atoms with E-state index in [9.17, 15) is 24.3 Å². The highest BCUT2D eigenvalue weighted by Crippen LogP contribution is 2.57. The third-order valence-electron chi connectivity index (χ3n) is 14.1. The highest BCUT2D eigenvalue weighted by atomic mass is 35.5. The fourth-order valence-electron chi connectivity index (χ4n) is 10.0. The number of aliphatic carboxylic acids is 1. The number of carboxylic acid groups (broad SMARTS) is 1. The van der Waals surface area contributed by atoms with Crippen LogP contribution in [0.15, 0.2) is 36.2 Å². The number of halogens is 1. The lowest BCUT2D eigenvalue weighted by atomic mass is 9.85. The lowest BCUT2D eigenvalue weighted by molar-refractivity contribution is -0.146. The number of aromatic nitrogens is 2. The van der Waals surface area contributed by atoms with Crippen LogP contribution in [0.2, 0.25) is 5.02 Å². The van der Waals surface area contributed by atoms with Gasteiger partial charge in [0.15, 0.2) is 5.13 Å². The summed E-state index contributed by atoms with van der Waals surface area (Å²) in [5.74, 6) is -0.237. The standard InChI is InChI=1S/C48H64ClN7O9S/c1-10-27-21-48(27,43(59)60)54-41(57)35-19-29(22-56(35)42(58)40(46(5,6)7)53-45(61)65-28-17-31-26(4)32(31)18-28)64-37-20-33(34-23-66-44(52-34)50-25(2)3)51-39-30(37)11-12-36(38(39)49)63-16-14-55-13-15-62-24-47(55,8)9/h10-12,20,23,25-29,31-32,35,40H,1,13-19,21-22,24H2,2-9H3,(H,50,52)(H,53,61)(H,54,57)(H,59,60)/t26?,27-,28?,29?,31-,32+,35+,40-,48-/m1/s1. The van der Waals surface area contributed by atoms with Gasteiger partial charge in [-0.3, -0.25) is 14.5 Å². The second-order valence-electron chi connectivity index (χ2n) is 20.7. The Balaban J connectivity index is 1.09. The maximum atomic E-state index is 14.9. The minimum Gasteiger partial charge on any atom is -0.491 e. The van der Waals surface area contributed by atoms with Crippen LogP contribution < -0.4 is 25.4 Å². The molecule has 3 aliphatic carbocycles. The SMILES string of the molecule is C=C[C@@H]1C[C@]1(NC(=O)[C@@H]1CC(Oc2cc(-c3csc(NC(C)C)n3)nc3c(Cl)c(OCCN4CCOCC4(C)C)ccc23)CN1C(=O)[C@@H](NC(=O)OC1C[C@@H]2C(C)[C@@H]2C1)C(C)(C)C)C(=O)O. The molecule has 0 bridgehead atoms. The van der Waals surface area contributed by atoms with Crippen molar-refractivity contribution >= 4 is 62.8 Å². The molecule has 2 saturated heterocycles. The van der Waals surface area contributed by atoms with E-state index >= 15 is 0 Å². The van der Waals surface area contributed by atoms with Crippen molar-refractivity contribution in [3.8, 4) is 22.9 Å². The van der Waals surface area contributed by atoms with Gasteiger partial charge in [0.05, 0.1) is 31.0 Å². The fourth-order valence-corrected chi connectivity index (χ4v) is 11.1. The summed E-state index contributed by atoms with van der Waals surface area (Å²) < 4.78 is 24.7. The zero-order valence-electron chi connectivity index (χ0n) is 39.1. The molecule has 2 aliphatic heterocycles. The van der Waals surface area contributed by atoms with Gasteiger partial charge < -0.3 is 44.9 Å². The van der Waals surface area contributed by atoms with E-state index in [4.69, 9.17) is 40.5 Å². The summed E-state index contributed by atoms with van der Waals surface area (Å²) in [5.41, 5.74) is -1.00. The number of carbonyl (C=O) groups excluding carboxylic acids is 3. The van der Waals surface area contributed by atoms with Crippen molar-refractivity contribution in [3.63, 3.8) is 0 Å². The van der Waals surface area contributed by atoms with Gasteiger partial charge in [0.1, 0.15) is 58.7 Å². The Morgan fingerprint density at radius 1 is 1.09 bits per heavy atom. The molecule has 66 heavy (non-hydrogen) atoms. The van der Waals surface area contributed by atoms with Crippen LogP contribution in [0.25, 0.3) is 22.3 Å². The number of nitrogens with one attached hydrogen (secondary N) is 3. The largest absolute Gasteiger partial charge is 0.491 e. The van der Waals surface area contributed by atoms with Crippen LogP contribution in [0.1, 0.15) is 81.1 Å². The van der Waals surface area contributed by atoms with Gasteiger partial charge in [0.25, 0.3) is 0 Å². The van der Waals surface area contributed by atoms with Gasteiger partial charge >= 0.3 is 12.1 Å². The van der Waals surface area contributed by atoms with Crippen molar-refractivity contribution in [2.45, 2.75) is 122 Å². The molecule has 4 heterocycles. The molecule has 3 unspecified atom stereocenters. The average Bonchev–Trinajstić information content (AvgIpc) is 3.73. The first-order valence-electron chi connectivity index (χ1n) is 23.1. The van der Waals surface area contributed by atoms with E-state index in [1.165, 1.54) is 22.3 Å². The Morgan fingerprint density at radius 2 is 1.83 bits per heavy atom. The Morgan fingerprint density at radius 3 is 2.48 bits per heavy atom. The lowest BCUT2D eigenvalue weighted by Crippen LogP contribution is -2.59. The van der Waals surface area contributed by atoms with E-state index in [0.29, 0.717) is 83.0 Å². The van der Waals surface area contributed by atoms with E-state index in [1.54, 1.807) is 12.1 Å². The van der Waals surface area contributed by atoms with Crippen molar-refractivity contribution in [3.05, 3.63) is 41.3 Å². The molecule has 0 radical (unpaired) electrons. The number of alkyl carbamates (subject to hydrolysis) is 1. The number of hydrogen-bond acceptors (Lipinski definition) is 13. The highest BCUT2D eigenvalue weighted by Gasteiger charge is 2.61. The molecule has 3 saturated carbocycles. The first-order chi connectivity index (χ1) is 31.2. The zero-order chi connectivity index (χ0) is 47.5. The zero-order valence-corrected chi connectivity index (χ0v) is 40.7. The first-order valence-corrected chi connectivity index (χ1v) is 24.4. The molecule has 5 aliphatic rings. The Bertz CT molecular complexity index is 2360. The van der Waals surface area contributed by atoms with Crippen molar-refractivity contribution in [2.75, 3.05) is 44.8 Å². The Labute approximate surface area is 395 Å². The number of carboxylic acids is 1. The summed E-state index contributed by atoms with van der Waals surface area (Å²) in [5, 5.41) is 22.6. The number of morpholine rings is 1. The molecule has 1 aromatic carbocycles. The molecule has 0 spiro atoms. The first kappa shape index (κ1) is 47.8. The number of pyridine rings is 1. The highest BCUT2D eigenvalue weighted by molar-refractivity contribution is 7.14. The van der Waals surface area contributed by atoms with Crippen LogP contribution in [0.4, 0.5) is 9.93 Å². The van der Waals surface area contributed by atoms with E-state index in [-0.39, 0.29) is 42.1 Å². The normalized spacial score (nSPS) is 28.3. The van der Waals surface area contributed by atoms with Crippen LogP contribution in [0.5, 0.6) is 11.5 Å². The average molecular weight is 951 g/mol. The number of rotatable bonds is 16. The molecule has 8 rings (SSSR count). The number of amides is 3. The van der Waals surface area contributed by atoms with E-state index in [0.717, 1.165) is 19.4 Å². The van der Waals surface area contributed by atoms with Gasteiger partial charge in [-0.25, -0.2) is 19.6 Å². The van der Waals surface area contributed by atoms with Crippen molar-refractivity contribution in [2.24, 2.45) is 29.1 Å². The predicted molar refractivity (Wildman–Crippen MR) is 252 cm³/mol. The third kappa shape index (κ3) is 9.81. The summed E-state index contributed by atoms with van der Waals surface area (Å²) in [4.78, 5) is 68.8. The predicted octanol–water partition coefficient (Wildman–Crippen LogP) is 7.00. The van der Waals surface area contributed by atoms with Gasteiger partial charge in [0, 0.05) is 53.8 Å². The number of likely N-dealkylation sites (tertiary alicyclic amines) is 1. The molecule has 16 nitrogen and oxygen atoms in total. The van der Waals surface area contributed by atoms with Gasteiger partial charge in [-0.1, -0.05) is 45.4 Å². The number of nitrogens with zero attached hydrogens (tertiary/aromatic N) is 4. The number of hydrogen-bond donors (Lipinski definition) is 4. The van der Waals surface area contributed by atoms with E-state index < -0.39 is 58.9 Å². The molecular formula is C48H64ClN7O9S. The molecular weight excluding hydrogens is 886 g/mol. The molecule has 4 N–H and O–H groups in total. The molecule has 358 valence electrons. The minimum absolute atomic E-state index is 0.0154. The smallest absolute Gasteiger partial charge is 0.408 e. The quantitative estimate of drug-likeness (QED) is 0.107. The number of anilines is 1.